The van der Waals surface area contributed by atoms with Gasteiger partial charge in [0.25, 0.3) is 0 Å². The number of allylic oxidation sites excluding steroid dienone is 10. The van der Waals surface area contributed by atoms with Gasteiger partial charge < -0.3 is 14.2 Å². The second-order valence-electron chi connectivity index (χ2n) is 15.3. The maximum atomic E-state index is 12.7. The molecular formula is C50H86O6. The molecule has 0 radical (unpaired) electrons. The molecular weight excluding hydrogens is 697 g/mol. The Morgan fingerprint density at radius 1 is 0.375 bits per heavy atom. The third kappa shape index (κ3) is 42.3. The number of esters is 3. The molecule has 0 heterocycles. The third-order valence-electron chi connectivity index (χ3n) is 9.76. The summed E-state index contributed by atoms with van der Waals surface area (Å²) in [6.45, 7) is 6.40. The number of ether oxygens (including phenoxy) is 3. The number of hydrogen-bond acceptors (Lipinski definition) is 6. The van der Waals surface area contributed by atoms with E-state index in [-0.39, 0.29) is 31.1 Å². The van der Waals surface area contributed by atoms with Crippen molar-refractivity contribution in [2.75, 3.05) is 13.2 Å². The van der Waals surface area contributed by atoms with Gasteiger partial charge >= 0.3 is 17.9 Å². The zero-order valence-electron chi connectivity index (χ0n) is 36.6. The monoisotopic (exact) mass is 783 g/mol. The van der Waals surface area contributed by atoms with E-state index >= 15 is 0 Å². The van der Waals surface area contributed by atoms with E-state index < -0.39 is 6.10 Å². The summed E-state index contributed by atoms with van der Waals surface area (Å²) in [7, 11) is 0. The van der Waals surface area contributed by atoms with Crippen LogP contribution >= 0.6 is 0 Å². The first-order valence-corrected chi connectivity index (χ1v) is 23.3. The lowest BCUT2D eigenvalue weighted by molar-refractivity contribution is -0.167. The van der Waals surface area contributed by atoms with Crippen LogP contribution in [0.3, 0.4) is 0 Å². The average Bonchev–Trinajstić information content (AvgIpc) is 3.19. The van der Waals surface area contributed by atoms with Crippen molar-refractivity contribution in [2.24, 2.45) is 0 Å². The average molecular weight is 783 g/mol. The number of hydrogen-bond donors (Lipinski definition) is 0. The van der Waals surface area contributed by atoms with E-state index in [4.69, 9.17) is 14.2 Å². The van der Waals surface area contributed by atoms with Crippen molar-refractivity contribution in [1.29, 1.82) is 0 Å². The molecule has 0 fully saturated rings. The van der Waals surface area contributed by atoms with E-state index in [9.17, 15) is 14.4 Å². The summed E-state index contributed by atoms with van der Waals surface area (Å²) in [5, 5.41) is 0. The molecule has 0 bridgehead atoms. The summed E-state index contributed by atoms with van der Waals surface area (Å²) < 4.78 is 16.6. The Hall–Kier alpha value is -2.89. The van der Waals surface area contributed by atoms with E-state index in [1.807, 2.05) is 0 Å². The van der Waals surface area contributed by atoms with E-state index in [2.05, 4.69) is 81.5 Å². The molecule has 0 spiro atoms. The maximum absolute atomic E-state index is 12.7. The molecule has 6 nitrogen and oxygen atoms in total. The fraction of sp³-hybridized carbons (Fsp3) is 0.740. The van der Waals surface area contributed by atoms with Gasteiger partial charge in [-0.25, -0.2) is 0 Å². The van der Waals surface area contributed by atoms with Crippen LogP contribution in [0.5, 0.6) is 0 Å². The van der Waals surface area contributed by atoms with Crippen LogP contribution in [-0.4, -0.2) is 37.2 Å². The van der Waals surface area contributed by atoms with Crippen LogP contribution in [0.4, 0.5) is 0 Å². The number of carbonyl (C=O) groups is 3. The van der Waals surface area contributed by atoms with Crippen LogP contribution < -0.4 is 0 Å². The smallest absolute Gasteiger partial charge is 0.306 e. The minimum atomic E-state index is -0.780. The molecule has 0 aliphatic carbocycles. The first-order chi connectivity index (χ1) is 27.5. The summed E-state index contributed by atoms with van der Waals surface area (Å²) >= 11 is 0. The first-order valence-electron chi connectivity index (χ1n) is 23.3. The number of rotatable bonds is 41. The van der Waals surface area contributed by atoms with E-state index in [0.717, 1.165) is 116 Å². The van der Waals surface area contributed by atoms with Crippen LogP contribution in [0.1, 0.15) is 220 Å². The summed E-state index contributed by atoms with van der Waals surface area (Å²) in [5.74, 6) is -0.924. The fourth-order valence-electron chi connectivity index (χ4n) is 6.25. The summed E-state index contributed by atoms with van der Waals surface area (Å²) in [4.78, 5) is 37.5. The molecule has 0 aromatic carbocycles. The second-order valence-corrected chi connectivity index (χ2v) is 15.3. The lowest BCUT2D eigenvalue weighted by atomic mass is 10.1. The van der Waals surface area contributed by atoms with Crippen molar-refractivity contribution in [3.8, 4) is 0 Å². The van der Waals surface area contributed by atoms with Crippen molar-refractivity contribution in [2.45, 2.75) is 226 Å². The lowest BCUT2D eigenvalue weighted by Crippen LogP contribution is -2.30. The molecule has 1 unspecified atom stereocenters. The van der Waals surface area contributed by atoms with E-state index in [0.29, 0.717) is 19.3 Å². The predicted molar refractivity (Wildman–Crippen MR) is 238 cm³/mol. The highest BCUT2D eigenvalue weighted by Crippen LogP contribution is 2.13. The van der Waals surface area contributed by atoms with Gasteiger partial charge in [0.05, 0.1) is 0 Å². The zero-order valence-corrected chi connectivity index (χ0v) is 36.6. The Morgan fingerprint density at radius 2 is 0.696 bits per heavy atom. The third-order valence-corrected chi connectivity index (χ3v) is 9.76. The van der Waals surface area contributed by atoms with Crippen molar-refractivity contribution in [3.63, 3.8) is 0 Å². The minimum absolute atomic E-state index is 0.0845. The molecule has 0 amide bonds. The topological polar surface area (TPSA) is 78.9 Å². The van der Waals surface area contributed by atoms with Gasteiger partial charge in [0.2, 0.25) is 0 Å². The molecule has 0 saturated carbocycles. The van der Waals surface area contributed by atoms with E-state index in [1.54, 1.807) is 0 Å². The van der Waals surface area contributed by atoms with Gasteiger partial charge in [-0.15, -0.1) is 0 Å². The SMILES string of the molecule is CC/C=C\C/C=C\C/C=C\CCCCCCCCCC(=O)OCC(COC(=O)CCCCCCC)OC(=O)CCCCCCC/C=C\C/C=C\CCCCCC. The fourth-order valence-corrected chi connectivity index (χ4v) is 6.25. The molecule has 0 saturated heterocycles. The molecule has 0 aromatic rings. The normalized spacial score (nSPS) is 12.6. The van der Waals surface area contributed by atoms with Crippen molar-refractivity contribution < 1.29 is 28.6 Å². The van der Waals surface area contributed by atoms with Crippen molar-refractivity contribution in [3.05, 3.63) is 60.8 Å². The molecule has 0 aliphatic heterocycles. The van der Waals surface area contributed by atoms with Crippen LogP contribution in [0.2, 0.25) is 0 Å². The molecule has 322 valence electrons. The zero-order chi connectivity index (χ0) is 40.8. The lowest BCUT2D eigenvalue weighted by Gasteiger charge is -2.18. The Kier molecular flexibility index (Phi) is 42.5. The molecule has 1 atom stereocenters. The highest BCUT2D eigenvalue weighted by Gasteiger charge is 2.19. The molecule has 6 heteroatoms. The molecule has 0 aromatic heterocycles. The van der Waals surface area contributed by atoms with Crippen LogP contribution in [0.15, 0.2) is 60.8 Å². The van der Waals surface area contributed by atoms with Gasteiger partial charge in [-0.2, -0.15) is 0 Å². The maximum Gasteiger partial charge on any atom is 0.306 e. The van der Waals surface area contributed by atoms with Gasteiger partial charge in [-0.3, -0.25) is 14.4 Å². The predicted octanol–water partition coefficient (Wildman–Crippen LogP) is 14.9. The Morgan fingerprint density at radius 3 is 1.11 bits per heavy atom. The Bertz CT molecular complexity index is 1040. The Balaban J connectivity index is 4.26. The van der Waals surface area contributed by atoms with Gasteiger partial charge in [-0.1, -0.05) is 178 Å². The Labute approximate surface area is 345 Å². The van der Waals surface area contributed by atoms with Crippen molar-refractivity contribution in [1.82, 2.24) is 0 Å². The number of carbonyl (C=O) groups excluding carboxylic acids is 3. The molecule has 0 N–H and O–H groups in total. The first kappa shape index (κ1) is 53.1. The highest BCUT2D eigenvalue weighted by molar-refractivity contribution is 5.71. The summed E-state index contributed by atoms with van der Waals surface area (Å²) in [6, 6.07) is 0. The summed E-state index contributed by atoms with van der Waals surface area (Å²) in [5.41, 5.74) is 0. The van der Waals surface area contributed by atoms with Gasteiger partial charge in [-0.05, 0) is 83.5 Å². The van der Waals surface area contributed by atoms with Crippen LogP contribution in [-0.2, 0) is 28.6 Å². The quantitative estimate of drug-likeness (QED) is 0.0266. The summed E-state index contributed by atoms with van der Waals surface area (Å²) in [6.07, 6.45) is 53.7. The van der Waals surface area contributed by atoms with Crippen LogP contribution in [0, 0.1) is 0 Å². The van der Waals surface area contributed by atoms with Crippen molar-refractivity contribution >= 4 is 17.9 Å². The second kappa shape index (κ2) is 44.8. The minimum Gasteiger partial charge on any atom is -0.462 e. The number of unbranched alkanes of at least 4 members (excludes halogenated alkanes) is 20. The van der Waals surface area contributed by atoms with Gasteiger partial charge in [0, 0.05) is 19.3 Å². The molecule has 0 rings (SSSR count). The molecule has 56 heavy (non-hydrogen) atoms. The van der Waals surface area contributed by atoms with Crippen LogP contribution in [0.25, 0.3) is 0 Å². The highest BCUT2D eigenvalue weighted by atomic mass is 16.6. The van der Waals surface area contributed by atoms with Gasteiger partial charge in [0.15, 0.2) is 6.10 Å². The standard InChI is InChI=1S/C50H86O6/c1-4-7-10-13-15-17-19-21-23-25-27-28-30-32-34-37-40-43-49(52)55-46-47(45-54-48(51)42-39-36-12-9-6-3)56-50(53)44-41-38-35-33-31-29-26-24-22-20-18-16-14-11-8-5-2/h7,10,15,17-18,20-21,23-24,26,47H,4-6,8-9,11-14,16,19,22,25,27-46H2,1-3H3/b10-7-,17-15-,20-18-,23-21-,26-24-. The van der Waals surface area contributed by atoms with Gasteiger partial charge in [0.1, 0.15) is 13.2 Å². The van der Waals surface area contributed by atoms with E-state index in [1.165, 1.54) is 64.2 Å². The molecule has 0 aliphatic rings. The largest absolute Gasteiger partial charge is 0.462 e.